The molecule has 1 atom stereocenters. The normalized spacial score (nSPS) is 17.9. The minimum absolute atomic E-state index is 0.00717. The van der Waals surface area contributed by atoms with Gasteiger partial charge in [0.25, 0.3) is 0 Å². The Morgan fingerprint density at radius 3 is 2.69 bits per heavy atom. The van der Waals surface area contributed by atoms with Gasteiger partial charge in [-0.05, 0) is 69.4 Å². The van der Waals surface area contributed by atoms with E-state index in [2.05, 4.69) is 36.1 Å². The topological polar surface area (TPSA) is 115 Å². The van der Waals surface area contributed by atoms with Gasteiger partial charge in [0.15, 0.2) is 0 Å². The van der Waals surface area contributed by atoms with Crippen LogP contribution in [0.1, 0.15) is 32.1 Å². The predicted molar refractivity (Wildman–Crippen MR) is 142 cm³/mol. The van der Waals surface area contributed by atoms with Crippen LogP contribution in [0.15, 0.2) is 30.5 Å². The molecule has 2 aliphatic heterocycles. The standard InChI is InChI=1S/C24H35BN8O2/c1-32-12-5-9-20(32)22(34)27-11-6-10-26-21-19(25)16-28-23(31-21)29-17-7-4-8-18(15-17)30-24(35)33-13-2-3-14-33/h4,7-8,15-16,20H,2-3,5-6,9-14,25H2,1H3,(H,27,34)(H,30,35)(H2,26,28,29,31). The summed E-state index contributed by atoms with van der Waals surface area (Å²) in [6.45, 7) is 3.92. The molecule has 2 saturated heterocycles. The maximum absolute atomic E-state index is 12.4. The lowest BCUT2D eigenvalue weighted by atomic mass is 9.99. The van der Waals surface area contributed by atoms with E-state index in [0.29, 0.717) is 19.0 Å². The van der Waals surface area contributed by atoms with Crippen molar-refractivity contribution in [3.05, 3.63) is 30.5 Å². The van der Waals surface area contributed by atoms with Gasteiger partial charge in [0.05, 0.1) is 6.04 Å². The fourth-order valence-electron chi connectivity index (χ4n) is 4.47. The van der Waals surface area contributed by atoms with Crippen LogP contribution < -0.4 is 26.7 Å². The number of carbonyl (C=O) groups excluding carboxylic acids is 2. The molecular formula is C24H35BN8O2. The molecule has 4 N–H and O–H groups in total. The summed E-state index contributed by atoms with van der Waals surface area (Å²) in [6.07, 6.45) is 6.70. The fourth-order valence-corrected chi connectivity index (χ4v) is 4.47. The first-order valence-electron chi connectivity index (χ1n) is 12.5. The van der Waals surface area contributed by atoms with Crippen molar-refractivity contribution < 1.29 is 9.59 Å². The van der Waals surface area contributed by atoms with Crippen LogP contribution in [-0.2, 0) is 4.79 Å². The number of carbonyl (C=O) groups is 2. The number of aromatic nitrogens is 2. The lowest BCUT2D eigenvalue weighted by molar-refractivity contribution is -0.125. The molecule has 0 saturated carbocycles. The second-order valence-corrected chi connectivity index (χ2v) is 9.27. The van der Waals surface area contributed by atoms with Gasteiger partial charge in [-0.1, -0.05) is 6.07 Å². The number of benzene rings is 1. The smallest absolute Gasteiger partial charge is 0.321 e. The van der Waals surface area contributed by atoms with E-state index >= 15 is 0 Å². The highest BCUT2D eigenvalue weighted by atomic mass is 16.2. The van der Waals surface area contributed by atoms with Gasteiger partial charge in [0.2, 0.25) is 11.9 Å². The first-order chi connectivity index (χ1) is 17.0. The Hall–Kier alpha value is -3.34. The number of likely N-dealkylation sites (tertiary alicyclic amines) is 2. The van der Waals surface area contributed by atoms with E-state index in [1.807, 2.05) is 44.1 Å². The van der Waals surface area contributed by atoms with Gasteiger partial charge in [0, 0.05) is 43.8 Å². The Bertz CT molecular complexity index is 1030. The van der Waals surface area contributed by atoms with E-state index in [4.69, 9.17) is 0 Å². The maximum atomic E-state index is 12.4. The number of anilines is 4. The molecule has 35 heavy (non-hydrogen) atoms. The Labute approximate surface area is 207 Å². The highest BCUT2D eigenvalue weighted by molar-refractivity contribution is 6.35. The average molecular weight is 478 g/mol. The first kappa shape index (κ1) is 24.8. The van der Waals surface area contributed by atoms with E-state index in [-0.39, 0.29) is 18.0 Å². The van der Waals surface area contributed by atoms with Crippen LogP contribution in [0.4, 0.5) is 27.9 Å². The fraction of sp³-hybridized carbons (Fsp3) is 0.500. The van der Waals surface area contributed by atoms with Gasteiger partial charge < -0.3 is 26.2 Å². The number of nitrogens with zero attached hydrogens (tertiary/aromatic N) is 4. The molecule has 11 heteroatoms. The molecule has 2 fully saturated rings. The molecule has 1 unspecified atom stereocenters. The summed E-state index contributed by atoms with van der Waals surface area (Å²) in [7, 11) is 3.96. The summed E-state index contributed by atoms with van der Waals surface area (Å²) in [4.78, 5) is 37.6. The molecule has 3 amide bonds. The summed E-state index contributed by atoms with van der Waals surface area (Å²) >= 11 is 0. The van der Waals surface area contributed by atoms with E-state index in [1.54, 1.807) is 6.20 Å². The van der Waals surface area contributed by atoms with Crippen LogP contribution in [0.3, 0.4) is 0 Å². The van der Waals surface area contributed by atoms with Gasteiger partial charge in [-0.3, -0.25) is 9.69 Å². The van der Waals surface area contributed by atoms with Crippen LogP contribution in [-0.4, -0.2) is 85.4 Å². The molecule has 0 aliphatic carbocycles. The van der Waals surface area contributed by atoms with Crippen molar-refractivity contribution in [2.24, 2.45) is 0 Å². The van der Waals surface area contributed by atoms with Gasteiger partial charge in [0.1, 0.15) is 13.7 Å². The largest absolute Gasteiger partial charge is 0.370 e. The predicted octanol–water partition coefficient (Wildman–Crippen LogP) is 1.12. The average Bonchev–Trinajstić information content (AvgIpc) is 3.53. The molecule has 1 aromatic carbocycles. The lowest BCUT2D eigenvalue weighted by Gasteiger charge is -2.18. The van der Waals surface area contributed by atoms with Crippen molar-refractivity contribution in [2.75, 3.05) is 55.7 Å². The monoisotopic (exact) mass is 478 g/mol. The van der Waals surface area contributed by atoms with Crippen molar-refractivity contribution in [1.29, 1.82) is 0 Å². The second-order valence-electron chi connectivity index (χ2n) is 9.27. The number of rotatable bonds is 9. The molecule has 0 bridgehead atoms. The summed E-state index contributed by atoms with van der Waals surface area (Å²) in [5.41, 5.74) is 2.46. The number of likely N-dealkylation sites (N-methyl/N-ethyl adjacent to an activating group) is 1. The zero-order chi connectivity index (χ0) is 24.6. The third-order valence-electron chi connectivity index (χ3n) is 6.50. The summed E-state index contributed by atoms with van der Waals surface area (Å²) < 4.78 is 0. The van der Waals surface area contributed by atoms with E-state index < -0.39 is 0 Å². The van der Waals surface area contributed by atoms with Crippen molar-refractivity contribution in [1.82, 2.24) is 25.1 Å². The van der Waals surface area contributed by atoms with Gasteiger partial charge >= 0.3 is 6.03 Å². The maximum Gasteiger partial charge on any atom is 0.321 e. The molecule has 10 nitrogen and oxygen atoms in total. The van der Waals surface area contributed by atoms with Crippen LogP contribution in [0.5, 0.6) is 0 Å². The molecule has 186 valence electrons. The Morgan fingerprint density at radius 2 is 1.91 bits per heavy atom. The Morgan fingerprint density at radius 1 is 1.11 bits per heavy atom. The summed E-state index contributed by atoms with van der Waals surface area (Å²) in [5.74, 6) is 1.34. The molecular weight excluding hydrogens is 443 g/mol. The molecule has 4 rings (SSSR count). The number of urea groups is 1. The van der Waals surface area contributed by atoms with Crippen molar-refractivity contribution in [3.8, 4) is 0 Å². The molecule has 2 aromatic rings. The van der Waals surface area contributed by atoms with Gasteiger partial charge in [-0.25, -0.2) is 9.78 Å². The lowest BCUT2D eigenvalue weighted by Crippen LogP contribution is -2.42. The first-order valence-corrected chi connectivity index (χ1v) is 12.5. The number of hydrogen-bond acceptors (Lipinski definition) is 7. The van der Waals surface area contributed by atoms with Gasteiger partial charge in [-0.15, -0.1) is 0 Å². The third kappa shape index (κ3) is 6.85. The number of amides is 3. The zero-order valence-electron chi connectivity index (χ0n) is 20.6. The minimum Gasteiger partial charge on any atom is -0.370 e. The zero-order valence-corrected chi connectivity index (χ0v) is 20.6. The van der Waals surface area contributed by atoms with Crippen molar-refractivity contribution in [2.45, 2.75) is 38.1 Å². The molecule has 1 aromatic heterocycles. The second kappa shape index (κ2) is 11.9. The van der Waals surface area contributed by atoms with Gasteiger partial charge in [-0.2, -0.15) is 4.98 Å². The van der Waals surface area contributed by atoms with Crippen LogP contribution in [0.2, 0.25) is 0 Å². The van der Waals surface area contributed by atoms with Crippen molar-refractivity contribution >= 4 is 48.4 Å². The number of nitrogens with one attached hydrogen (secondary N) is 4. The van der Waals surface area contributed by atoms with Crippen LogP contribution in [0.25, 0.3) is 0 Å². The molecule has 0 radical (unpaired) electrons. The van der Waals surface area contributed by atoms with E-state index in [9.17, 15) is 9.59 Å². The van der Waals surface area contributed by atoms with Crippen molar-refractivity contribution in [3.63, 3.8) is 0 Å². The van der Waals surface area contributed by atoms with Crippen LogP contribution >= 0.6 is 0 Å². The van der Waals surface area contributed by atoms with Crippen LogP contribution in [0, 0.1) is 0 Å². The molecule has 0 spiro atoms. The Kier molecular flexibility index (Phi) is 8.41. The van der Waals surface area contributed by atoms with E-state index in [1.165, 1.54) is 0 Å². The number of hydrogen-bond donors (Lipinski definition) is 4. The highest BCUT2D eigenvalue weighted by Crippen LogP contribution is 2.20. The molecule has 3 heterocycles. The SMILES string of the molecule is Bc1cnc(Nc2cccc(NC(=O)N3CCCC3)c2)nc1NCCCNC(=O)C1CCCN1C. The molecule has 2 aliphatic rings. The summed E-state index contributed by atoms with van der Waals surface area (Å²) in [6, 6.07) is 7.47. The van der Waals surface area contributed by atoms with E-state index in [0.717, 1.165) is 74.4 Å². The summed E-state index contributed by atoms with van der Waals surface area (Å²) in [5, 5.41) is 12.6. The quantitative estimate of drug-likeness (QED) is 0.316. The third-order valence-corrected chi connectivity index (χ3v) is 6.50. The minimum atomic E-state index is -0.0656. The highest BCUT2D eigenvalue weighted by Gasteiger charge is 2.27. The Balaban J connectivity index is 1.25.